The fourth-order valence-electron chi connectivity index (χ4n) is 3.07. The summed E-state index contributed by atoms with van der Waals surface area (Å²) in [5, 5.41) is 4.29. The van der Waals surface area contributed by atoms with Crippen molar-refractivity contribution in [2.45, 2.75) is 33.7 Å². The van der Waals surface area contributed by atoms with E-state index in [0.717, 1.165) is 29.4 Å². The molecule has 2 heterocycles. The van der Waals surface area contributed by atoms with Crippen LogP contribution >= 0.6 is 11.6 Å². The van der Waals surface area contributed by atoms with Gasteiger partial charge in [0.05, 0.1) is 5.69 Å². The highest BCUT2D eigenvalue weighted by molar-refractivity contribution is 6.32. The number of fused-ring (bicyclic) bond motifs is 1. The SMILES string of the molecule is CCc1ccc2c(c1)c(C)c(C(=O)Nc1cccnc1Cl)n2CC. The zero-order valence-electron chi connectivity index (χ0n) is 14.1. The molecule has 3 aromatic rings. The number of nitrogens with zero attached hydrogens (tertiary/aromatic N) is 2. The molecular weight excluding hydrogens is 322 g/mol. The fourth-order valence-corrected chi connectivity index (χ4v) is 3.24. The Kier molecular flexibility index (Phi) is 4.58. The number of hydrogen-bond acceptors (Lipinski definition) is 2. The Labute approximate surface area is 146 Å². The van der Waals surface area contributed by atoms with Crippen LogP contribution in [0.2, 0.25) is 5.15 Å². The molecule has 0 bridgehead atoms. The van der Waals surface area contributed by atoms with Gasteiger partial charge in [0.25, 0.3) is 5.91 Å². The van der Waals surface area contributed by atoms with E-state index in [2.05, 4.69) is 35.4 Å². The van der Waals surface area contributed by atoms with Gasteiger partial charge in [-0.15, -0.1) is 0 Å². The largest absolute Gasteiger partial charge is 0.337 e. The molecule has 4 nitrogen and oxygen atoms in total. The number of nitrogens with one attached hydrogen (secondary N) is 1. The predicted molar refractivity (Wildman–Crippen MR) is 98.9 cm³/mol. The first-order valence-corrected chi connectivity index (χ1v) is 8.48. The van der Waals surface area contributed by atoms with E-state index in [9.17, 15) is 4.79 Å². The van der Waals surface area contributed by atoms with Gasteiger partial charge in [-0.25, -0.2) is 4.98 Å². The lowest BCUT2D eigenvalue weighted by molar-refractivity contribution is 0.101. The van der Waals surface area contributed by atoms with E-state index < -0.39 is 0 Å². The molecule has 1 N–H and O–H groups in total. The molecule has 1 aromatic carbocycles. The van der Waals surface area contributed by atoms with Crippen LogP contribution in [-0.4, -0.2) is 15.5 Å². The molecule has 2 aromatic heterocycles. The molecule has 0 saturated carbocycles. The van der Waals surface area contributed by atoms with Gasteiger partial charge < -0.3 is 9.88 Å². The summed E-state index contributed by atoms with van der Waals surface area (Å²) in [6.45, 7) is 6.89. The maximum atomic E-state index is 12.9. The van der Waals surface area contributed by atoms with Crippen molar-refractivity contribution in [3.63, 3.8) is 0 Å². The van der Waals surface area contributed by atoms with Crippen molar-refractivity contribution in [3.05, 3.63) is 58.5 Å². The zero-order valence-corrected chi connectivity index (χ0v) is 14.8. The lowest BCUT2D eigenvalue weighted by atomic mass is 10.1. The van der Waals surface area contributed by atoms with Crippen molar-refractivity contribution in [1.82, 2.24) is 9.55 Å². The number of pyridine rings is 1. The standard InChI is InChI=1S/C19H20ClN3O/c1-4-13-8-9-16-14(11-13)12(3)17(23(16)5-2)19(24)22-15-7-6-10-21-18(15)20/h6-11H,4-5H2,1-3H3,(H,22,24). The van der Waals surface area contributed by atoms with Gasteiger partial charge >= 0.3 is 0 Å². The molecule has 0 aliphatic rings. The summed E-state index contributed by atoms with van der Waals surface area (Å²) in [5.74, 6) is -0.168. The van der Waals surface area contributed by atoms with Gasteiger partial charge in [0.15, 0.2) is 5.15 Å². The maximum Gasteiger partial charge on any atom is 0.272 e. The Morgan fingerprint density at radius 2 is 2.08 bits per heavy atom. The summed E-state index contributed by atoms with van der Waals surface area (Å²) in [6.07, 6.45) is 2.57. The summed E-state index contributed by atoms with van der Waals surface area (Å²) in [5.41, 5.74) is 4.52. The molecule has 0 saturated heterocycles. The second-order valence-corrected chi connectivity index (χ2v) is 6.08. The van der Waals surface area contributed by atoms with E-state index in [-0.39, 0.29) is 11.1 Å². The number of rotatable bonds is 4. The van der Waals surface area contributed by atoms with Gasteiger partial charge in [-0.2, -0.15) is 0 Å². The molecule has 24 heavy (non-hydrogen) atoms. The first-order valence-electron chi connectivity index (χ1n) is 8.10. The predicted octanol–water partition coefficient (Wildman–Crippen LogP) is 4.83. The van der Waals surface area contributed by atoms with Crippen LogP contribution in [0.4, 0.5) is 5.69 Å². The summed E-state index contributed by atoms with van der Waals surface area (Å²) < 4.78 is 2.05. The maximum absolute atomic E-state index is 12.9. The number of aromatic nitrogens is 2. The first kappa shape index (κ1) is 16.5. The highest BCUT2D eigenvalue weighted by Crippen LogP contribution is 2.28. The fraction of sp³-hybridized carbons (Fsp3) is 0.263. The molecule has 0 spiro atoms. The number of carbonyl (C=O) groups excluding carboxylic acids is 1. The van der Waals surface area contributed by atoms with E-state index >= 15 is 0 Å². The summed E-state index contributed by atoms with van der Waals surface area (Å²) in [7, 11) is 0. The summed E-state index contributed by atoms with van der Waals surface area (Å²) >= 11 is 6.05. The van der Waals surface area contributed by atoms with Crippen LogP contribution in [0.1, 0.15) is 35.5 Å². The van der Waals surface area contributed by atoms with Crippen LogP contribution in [0.3, 0.4) is 0 Å². The van der Waals surface area contributed by atoms with Crippen LogP contribution in [-0.2, 0) is 13.0 Å². The van der Waals surface area contributed by atoms with E-state index in [1.165, 1.54) is 5.56 Å². The van der Waals surface area contributed by atoms with Crippen molar-refractivity contribution in [1.29, 1.82) is 0 Å². The van der Waals surface area contributed by atoms with Crippen molar-refractivity contribution >= 4 is 34.1 Å². The summed E-state index contributed by atoms with van der Waals surface area (Å²) in [4.78, 5) is 16.9. The second kappa shape index (κ2) is 6.65. The third kappa shape index (κ3) is 2.78. The number of hydrogen-bond donors (Lipinski definition) is 1. The highest BCUT2D eigenvalue weighted by atomic mass is 35.5. The Balaban J connectivity index is 2.09. The number of halogens is 1. The third-order valence-corrected chi connectivity index (χ3v) is 4.63. The first-order chi connectivity index (χ1) is 11.6. The Morgan fingerprint density at radius 3 is 2.75 bits per heavy atom. The molecule has 5 heteroatoms. The van der Waals surface area contributed by atoms with Gasteiger partial charge in [0.2, 0.25) is 0 Å². The zero-order chi connectivity index (χ0) is 17.3. The number of amides is 1. The third-order valence-electron chi connectivity index (χ3n) is 4.33. The Hall–Kier alpha value is -2.33. The van der Waals surface area contributed by atoms with Crippen molar-refractivity contribution in [2.24, 2.45) is 0 Å². The summed E-state index contributed by atoms with van der Waals surface area (Å²) in [6, 6.07) is 9.88. The minimum atomic E-state index is -0.168. The number of carbonyl (C=O) groups is 1. The lowest BCUT2D eigenvalue weighted by Crippen LogP contribution is -2.18. The minimum absolute atomic E-state index is 0.168. The van der Waals surface area contributed by atoms with E-state index in [1.54, 1.807) is 18.3 Å². The van der Waals surface area contributed by atoms with Crippen molar-refractivity contribution < 1.29 is 4.79 Å². The number of anilines is 1. The second-order valence-electron chi connectivity index (χ2n) is 5.72. The molecule has 1 amide bonds. The van der Waals surface area contributed by atoms with Gasteiger partial charge in [0, 0.05) is 23.6 Å². The van der Waals surface area contributed by atoms with Gasteiger partial charge in [0.1, 0.15) is 5.69 Å². The molecule has 0 aliphatic heterocycles. The van der Waals surface area contributed by atoms with E-state index in [0.29, 0.717) is 11.4 Å². The Morgan fingerprint density at radius 1 is 1.29 bits per heavy atom. The van der Waals surface area contributed by atoms with E-state index in [4.69, 9.17) is 11.6 Å². The van der Waals surface area contributed by atoms with Gasteiger partial charge in [-0.3, -0.25) is 4.79 Å². The monoisotopic (exact) mass is 341 g/mol. The van der Waals surface area contributed by atoms with Crippen molar-refractivity contribution in [3.8, 4) is 0 Å². The quantitative estimate of drug-likeness (QED) is 0.691. The number of aryl methyl sites for hydroxylation is 3. The van der Waals surface area contributed by atoms with Gasteiger partial charge in [-0.05, 0) is 55.7 Å². The molecule has 0 aliphatic carbocycles. The minimum Gasteiger partial charge on any atom is -0.337 e. The average Bonchev–Trinajstić information content (AvgIpc) is 2.88. The van der Waals surface area contributed by atoms with Crippen LogP contribution in [0.15, 0.2) is 36.5 Å². The van der Waals surface area contributed by atoms with Crippen LogP contribution in [0.25, 0.3) is 10.9 Å². The molecule has 0 fully saturated rings. The van der Waals surface area contributed by atoms with Gasteiger partial charge in [-0.1, -0.05) is 24.6 Å². The molecule has 0 radical (unpaired) electrons. The molecule has 124 valence electrons. The molecule has 0 atom stereocenters. The highest BCUT2D eigenvalue weighted by Gasteiger charge is 2.20. The molecule has 0 unspecified atom stereocenters. The number of benzene rings is 1. The molecular formula is C19H20ClN3O. The average molecular weight is 342 g/mol. The van der Waals surface area contributed by atoms with Crippen LogP contribution < -0.4 is 5.32 Å². The van der Waals surface area contributed by atoms with E-state index in [1.807, 2.05) is 18.4 Å². The molecule has 3 rings (SSSR count). The smallest absolute Gasteiger partial charge is 0.272 e. The topological polar surface area (TPSA) is 46.9 Å². The van der Waals surface area contributed by atoms with Crippen molar-refractivity contribution in [2.75, 3.05) is 5.32 Å². The Bertz CT molecular complexity index is 914. The van der Waals surface area contributed by atoms with Crippen LogP contribution in [0.5, 0.6) is 0 Å². The normalized spacial score (nSPS) is 11.0. The lowest BCUT2D eigenvalue weighted by Gasteiger charge is -2.10. The van der Waals surface area contributed by atoms with Crippen LogP contribution in [0, 0.1) is 6.92 Å².